The van der Waals surface area contributed by atoms with E-state index in [2.05, 4.69) is 0 Å². The zero-order valence-electron chi connectivity index (χ0n) is 6.62. The summed E-state index contributed by atoms with van der Waals surface area (Å²) in [5, 5.41) is 14.2. The molecule has 0 amide bonds. The number of hydrogen-bond donors (Lipinski definition) is 1. The van der Waals surface area contributed by atoms with Gasteiger partial charge in [0.15, 0.2) is 0 Å². The first-order valence-corrected chi connectivity index (χ1v) is 3.29. The zero-order valence-corrected chi connectivity index (χ0v) is 6.62. The Labute approximate surface area is 66.4 Å². The molecule has 0 aromatic rings. The average Bonchev–Trinajstić information content (AvgIpc) is 2.44. The van der Waals surface area contributed by atoms with Gasteiger partial charge in [-0.3, -0.25) is 4.79 Å². The predicted octanol–water partition coefficient (Wildman–Crippen LogP) is 1.03. The summed E-state index contributed by atoms with van der Waals surface area (Å²) in [7, 11) is 0. The van der Waals surface area contributed by atoms with Crippen molar-refractivity contribution in [2.24, 2.45) is 0 Å². The van der Waals surface area contributed by atoms with Gasteiger partial charge >= 0.3 is 0 Å². The quantitative estimate of drug-likeness (QED) is 0.536. The molecule has 0 unspecified atom stereocenters. The first-order chi connectivity index (χ1) is 5.33. The molecule has 4 heteroatoms. The summed E-state index contributed by atoms with van der Waals surface area (Å²) in [6, 6.07) is 1.75. The van der Waals surface area contributed by atoms with E-state index in [9.17, 15) is 0 Å². The SMILES string of the molecule is C1CCOC1.CC#N.O=CO. The molecule has 4 nitrogen and oxygen atoms in total. The van der Waals surface area contributed by atoms with E-state index in [1.165, 1.54) is 19.8 Å². The summed E-state index contributed by atoms with van der Waals surface area (Å²) >= 11 is 0. The van der Waals surface area contributed by atoms with E-state index in [0.29, 0.717) is 0 Å². The molecule has 1 rings (SSSR count). The maximum Gasteiger partial charge on any atom is 0.290 e. The third-order valence-electron chi connectivity index (χ3n) is 0.827. The lowest BCUT2D eigenvalue weighted by Crippen LogP contribution is -1.74. The third-order valence-corrected chi connectivity index (χ3v) is 0.827. The second-order valence-corrected chi connectivity index (χ2v) is 1.65. The molecule has 0 atom stereocenters. The monoisotopic (exact) mass is 159 g/mol. The van der Waals surface area contributed by atoms with E-state index in [1.54, 1.807) is 6.07 Å². The van der Waals surface area contributed by atoms with Gasteiger partial charge in [-0.15, -0.1) is 0 Å². The van der Waals surface area contributed by atoms with Crippen molar-refractivity contribution < 1.29 is 14.6 Å². The van der Waals surface area contributed by atoms with Crippen molar-refractivity contribution in [3.8, 4) is 6.07 Å². The lowest BCUT2D eigenvalue weighted by atomic mass is 10.4. The molecule has 0 aliphatic carbocycles. The molecular formula is C7H13NO3. The van der Waals surface area contributed by atoms with Gasteiger partial charge in [0.25, 0.3) is 6.47 Å². The first-order valence-electron chi connectivity index (χ1n) is 3.29. The topological polar surface area (TPSA) is 70.3 Å². The fourth-order valence-corrected chi connectivity index (χ4v) is 0.510. The average molecular weight is 159 g/mol. The maximum atomic E-state index is 8.36. The Bertz CT molecular complexity index is 97.1. The lowest BCUT2D eigenvalue weighted by Gasteiger charge is -1.76. The van der Waals surface area contributed by atoms with Gasteiger partial charge in [0.2, 0.25) is 0 Å². The van der Waals surface area contributed by atoms with E-state index in [-0.39, 0.29) is 6.47 Å². The zero-order chi connectivity index (χ0) is 8.95. The van der Waals surface area contributed by atoms with E-state index in [4.69, 9.17) is 19.9 Å². The van der Waals surface area contributed by atoms with Crippen molar-refractivity contribution in [2.75, 3.05) is 13.2 Å². The maximum absolute atomic E-state index is 8.36. The van der Waals surface area contributed by atoms with Crippen LogP contribution in [0.25, 0.3) is 0 Å². The fourth-order valence-electron chi connectivity index (χ4n) is 0.510. The van der Waals surface area contributed by atoms with Gasteiger partial charge in [-0.05, 0) is 12.8 Å². The molecule has 11 heavy (non-hydrogen) atoms. The van der Waals surface area contributed by atoms with Crippen LogP contribution in [0.1, 0.15) is 19.8 Å². The van der Waals surface area contributed by atoms with Gasteiger partial charge in [-0.2, -0.15) is 5.26 Å². The van der Waals surface area contributed by atoms with Crippen LogP contribution in [0.5, 0.6) is 0 Å². The van der Waals surface area contributed by atoms with Crippen molar-refractivity contribution in [1.82, 2.24) is 0 Å². The molecule has 0 radical (unpaired) electrons. The molecule has 1 N–H and O–H groups in total. The highest BCUT2D eigenvalue weighted by Crippen LogP contribution is 1.98. The molecule has 1 fully saturated rings. The van der Waals surface area contributed by atoms with Crippen LogP contribution in [0.3, 0.4) is 0 Å². The summed E-state index contributed by atoms with van der Waals surface area (Å²) in [6.45, 7) is 3.18. The van der Waals surface area contributed by atoms with Gasteiger partial charge in [0.1, 0.15) is 0 Å². The summed E-state index contributed by atoms with van der Waals surface area (Å²) in [6.07, 6.45) is 2.56. The third kappa shape index (κ3) is 27.8. The molecular weight excluding hydrogens is 146 g/mol. The molecule has 0 aromatic heterocycles. The minimum atomic E-state index is -0.250. The van der Waals surface area contributed by atoms with Gasteiger partial charge in [-0.25, -0.2) is 0 Å². The molecule has 1 heterocycles. The van der Waals surface area contributed by atoms with Crippen LogP contribution in [0.15, 0.2) is 0 Å². The lowest BCUT2D eigenvalue weighted by molar-refractivity contribution is -0.122. The van der Waals surface area contributed by atoms with Crippen molar-refractivity contribution in [2.45, 2.75) is 19.8 Å². The second kappa shape index (κ2) is 16.0. The Kier molecular flexibility index (Phi) is 18.3. The molecule has 64 valence electrons. The highest BCUT2D eigenvalue weighted by Gasteiger charge is 1.94. The Morgan fingerprint density at radius 3 is 1.91 bits per heavy atom. The van der Waals surface area contributed by atoms with Gasteiger partial charge in [-0.1, -0.05) is 0 Å². The van der Waals surface area contributed by atoms with E-state index >= 15 is 0 Å². The van der Waals surface area contributed by atoms with E-state index < -0.39 is 0 Å². The van der Waals surface area contributed by atoms with Crippen molar-refractivity contribution in [1.29, 1.82) is 5.26 Å². The first kappa shape index (κ1) is 12.6. The number of carboxylic acid groups (broad SMARTS) is 1. The van der Waals surface area contributed by atoms with Gasteiger partial charge in [0, 0.05) is 20.1 Å². The van der Waals surface area contributed by atoms with Gasteiger partial charge in [0.05, 0.1) is 6.07 Å². The molecule has 1 aliphatic heterocycles. The summed E-state index contributed by atoms with van der Waals surface area (Å²) in [5.41, 5.74) is 0. The normalized spacial score (nSPS) is 12.7. The highest BCUT2D eigenvalue weighted by atomic mass is 16.5. The standard InChI is InChI=1S/C4H8O.C2H3N.CH2O2/c1-2-4-5-3-1;1-2-3;2-1-3/h1-4H2;1H3;1H,(H,2,3). The number of ether oxygens (including phenoxy) is 1. The van der Waals surface area contributed by atoms with Crippen LogP contribution < -0.4 is 0 Å². The Morgan fingerprint density at radius 2 is 1.82 bits per heavy atom. The fraction of sp³-hybridized carbons (Fsp3) is 0.714. The minimum absolute atomic E-state index is 0.250. The molecule has 0 bridgehead atoms. The Hall–Kier alpha value is -1.08. The number of nitrogens with zero attached hydrogens (tertiary/aromatic N) is 1. The Balaban J connectivity index is 0. The predicted molar refractivity (Wildman–Crippen MR) is 40.0 cm³/mol. The second-order valence-electron chi connectivity index (χ2n) is 1.65. The van der Waals surface area contributed by atoms with Crippen LogP contribution in [0.4, 0.5) is 0 Å². The van der Waals surface area contributed by atoms with Crippen LogP contribution >= 0.6 is 0 Å². The van der Waals surface area contributed by atoms with E-state index in [1.807, 2.05) is 0 Å². The highest BCUT2D eigenvalue weighted by molar-refractivity contribution is 5.32. The van der Waals surface area contributed by atoms with Crippen molar-refractivity contribution >= 4 is 6.47 Å². The van der Waals surface area contributed by atoms with Gasteiger partial charge < -0.3 is 9.84 Å². The molecule has 1 saturated heterocycles. The molecule has 0 spiro atoms. The minimum Gasteiger partial charge on any atom is -0.483 e. The van der Waals surface area contributed by atoms with E-state index in [0.717, 1.165) is 13.2 Å². The summed E-state index contributed by atoms with van der Waals surface area (Å²) < 4.78 is 4.94. The molecule has 0 saturated carbocycles. The van der Waals surface area contributed by atoms with Crippen LogP contribution in [0, 0.1) is 11.3 Å². The number of nitriles is 1. The number of carbonyl (C=O) groups is 1. The Morgan fingerprint density at radius 1 is 1.55 bits per heavy atom. The largest absolute Gasteiger partial charge is 0.483 e. The summed E-state index contributed by atoms with van der Waals surface area (Å²) in [5.74, 6) is 0. The smallest absolute Gasteiger partial charge is 0.290 e. The van der Waals surface area contributed by atoms with Crippen molar-refractivity contribution in [3.63, 3.8) is 0 Å². The van der Waals surface area contributed by atoms with Crippen LogP contribution in [-0.4, -0.2) is 24.8 Å². The number of rotatable bonds is 0. The molecule has 0 aromatic carbocycles. The van der Waals surface area contributed by atoms with Crippen LogP contribution in [-0.2, 0) is 9.53 Å². The molecule has 1 aliphatic rings. The van der Waals surface area contributed by atoms with Crippen molar-refractivity contribution in [3.05, 3.63) is 0 Å². The number of hydrogen-bond acceptors (Lipinski definition) is 3. The summed E-state index contributed by atoms with van der Waals surface area (Å²) in [4.78, 5) is 8.36. The van der Waals surface area contributed by atoms with Crippen LogP contribution in [0.2, 0.25) is 0 Å².